The van der Waals surface area contributed by atoms with Crippen LogP contribution in [-0.4, -0.2) is 35.9 Å². The minimum Gasteiger partial charge on any atom is -0.332 e. The fraction of sp³-hybridized carbons (Fsp3) is 0.750. The summed E-state index contributed by atoms with van der Waals surface area (Å²) in [6.45, 7) is 6.53. The molecule has 0 spiro atoms. The predicted molar refractivity (Wildman–Crippen MR) is 80.0 cm³/mol. The smallest absolute Gasteiger partial charge is 0.257 e. The Balaban J connectivity index is 2.80. The van der Waals surface area contributed by atoms with E-state index in [2.05, 4.69) is 28.5 Å². The lowest BCUT2D eigenvalue weighted by molar-refractivity contribution is 0.520. The molecule has 5 nitrogen and oxygen atoms in total. The second-order valence-electron chi connectivity index (χ2n) is 4.47. The summed E-state index contributed by atoms with van der Waals surface area (Å²) in [5.74, 6) is 0.683. The Morgan fingerprint density at radius 1 is 1.37 bits per heavy atom. The maximum Gasteiger partial charge on any atom is 0.257 e. The number of aromatic nitrogens is 2. The monoisotopic (exact) mass is 305 g/mol. The summed E-state index contributed by atoms with van der Waals surface area (Å²) >= 11 is 1.71. The van der Waals surface area contributed by atoms with Crippen LogP contribution in [0.4, 0.5) is 0 Å². The molecular weight excluding hydrogens is 282 g/mol. The van der Waals surface area contributed by atoms with Crippen LogP contribution in [0.25, 0.3) is 0 Å². The van der Waals surface area contributed by atoms with Gasteiger partial charge in [-0.1, -0.05) is 20.8 Å². The lowest BCUT2D eigenvalue weighted by Gasteiger charge is -2.29. The van der Waals surface area contributed by atoms with Crippen molar-refractivity contribution in [1.29, 1.82) is 0 Å². The highest BCUT2D eigenvalue weighted by Crippen LogP contribution is 2.29. The maximum atomic E-state index is 12.2. The van der Waals surface area contributed by atoms with Crippen LogP contribution in [0.1, 0.15) is 39.4 Å². The molecule has 0 aromatic carbocycles. The Labute approximate surface area is 120 Å². The molecule has 0 unspecified atom stereocenters. The quantitative estimate of drug-likeness (QED) is 0.772. The van der Waals surface area contributed by atoms with Crippen molar-refractivity contribution in [3.05, 3.63) is 12.0 Å². The summed E-state index contributed by atoms with van der Waals surface area (Å²) in [5, 5.41) is 0.145. The van der Waals surface area contributed by atoms with Crippen molar-refractivity contribution in [2.24, 2.45) is 0 Å². The molecule has 1 heterocycles. The number of H-pyrrole nitrogens is 1. The van der Waals surface area contributed by atoms with Gasteiger partial charge in [0.15, 0.2) is 5.03 Å². The molecule has 1 rings (SSSR count). The van der Waals surface area contributed by atoms with Gasteiger partial charge in [-0.25, -0.2) is 18.1 Å². The van der Waals surface area contributed by atoms with Crippen LogP contribution < -0.4 is 4.72 Å². The Bertz CT molecular complexity index is 485. The number of nitrogens with zero attached hydrogens (tertiary/aromatic N) is 1. The van der Waals surface area contributed by atoms with Crippen molar-refractivity contribution in [1.82, 2.24) is 14.7 Å². The Hall–Kier alpha value is -0.530. The van der Waals surface area contributed by atoms with Crippen LogP contribution in [0, 0.1) is 0 Å². The van der Waals surface area contributed by atoms with Gasteiger partial charge in [0.05, 0.1) is 6.20 Å². The Morgan fingerprint density at radius 2 is 2.00 bits per heavy atom. The summed E-state index contributed by atoms with van der Waals surface area (Å²) in [7, 11) is -3.49. The number of aryl methyl sites for hydroxylation is 1. The minimum atomic E-state index is -3.49. The van der Waals surface area contributed by atoms with Crippen molar-refractivity contribution < 1.29 is 8.42 Å². The van der Waals surface area contributed by atoms with Gasteiger partial charge in [-0.2, -0.15) is 11.8 Å². The molecule has 0 saturated carbocycles. The number of aromatic amines is 1. The molecule has 0 atom stereocenters. The fourth-order valence-corrected chi connectivity index (χ4v) is 3.78. The third kappa shape index (κ3) is 3.97. The predicted octanol–water partition coefficient (Wildman–Crippen LogP) is 2.17. The highest BCUT2D eigenvalue weighted by molar-refractivity contribution is 8.00. The molecule has 2 N–H and O–H groups in total. The van der Waals surface area contributed by atoms with Gasteiger partial charge in [0.1, 0.15) is 5.82 Å². The molecular formula is C12H23N3O2S2. The van der Waals surface area contributed by atoms with Crippen molar-refractivity contribution >= 4 is 21.8 Å². The van der Waals surface area contributed by atoms with Gasteiger partial charge in [-0.05, 0) is 19.1 Å². The van der Waals surface area contributed by atoms with Gasteiger partial charge >= 0.3 is 0 Å². The van der Waals surface area contributed by atoms with Crippen LogP contribution in [0.15, 0.2) is 11.2 Å². The van der Waals surface area contributed by atoms with Gasteiger partial charge in [-0.3, -0.25) is 0 Å². The zero-order valence-corrected chi connectivity index (χ0v) is 13.6. The molecule has 7 heteroatoms. The van der Waals surface area contributed by atoms with Crippen LogP contribution >= 0.6 is 11.8 Å². The van der Waals surface area contributed by atoms with Crippen molar-refractivity contribution in [3.8, 4) is 0 Å². The molecule has 19 heavy (non-hydrogen) atoms. The lowest BCUT2D eigenvalue weighted by Crippen LogP contribution is -2.39. The first-order chi connectivity index (χ1) is 8.93. The molecule has 0 saturated heterocycles. The number of nitrogens with one attached hydrogen (secondary N) is 2. The maximum absolute atomic E-state index is 12.2. The fourth-order valence-electron chi connectivity index (χ4n) is 1.82. The first-order valence-electron chi connectivity index (χ1n) is 6.51. The van der Waals surface area contributed by atoms with E-state index in [0.717, 1.165) is 12.8 Å². The second-order valence-corrected chi connectivity index (χ2v) is 7.48. The number of sulfonamides is 1. The second kappa shape index (κ2) is 6.76. The number of rotatable bonds is 8. The van der Waals surface area contributed by atoms with Crippen molar-refractivity contribution in [2.45, 2.75) is 49.8 Å². The average Bonchev–Trinajstić information content (AvgIpc) is 2.90. The van der Waals surface area contributed by atoms with E-state index in [9.17, 15) is 8.42 Å². The molecule has 0 fully saturated rings. The van der Waals surface area contributed by atoms with Gasteiger partial charge in [-0.15, -0.1) is 0 Å². The Kier molecular flexibility index (Phi) is 5.88. The molecule has 0 radical (unpaired) electrons. The topological polar surface area (TPSA) is 74.8 Å². The first kappa shape index (κ1) is 16.5. The van der Waals surface area contributed by atoms with Gasteiger partial charge in [0.2, 0.25) is 0 Å². The highest BCUT2D eigenvalue weighted by Gasteiger charge is 2.28. The molecule has 0 aliphatic rings. The van der Waals surface area contributed by atoms with E-state index in [1.54, 1.807) is 11.8 Å². The number of hydrogen-bond acceptors (Lipinski definition) is 4. The third-order valence-corrected chi connectivity index (χ3v) is 6.43. The molecule has 1 aromatic heterocycles. The van der Waals surface area contributed by atoms with Crippen molar-refractivity contribution in [2.75, 3.05) is 12.8 Å². The van der Waals surface area contributed by atoms with Crippen molar-refractivity contribution in [3.63, 3.8) is 0 Å². The molecule has 0 aliphatic carbocycles. The molecule has 1 aromatic rings. The van der Waals surface area contributed by atoms with Crippen LogP contribution in [0.2, 0.25) is 0 Å². The molecule has 110 valence electrons. The van der Waals surface area contributed by atoms with E-state index in [0.29, 0.717) is 18.8 Å². The highest BCUT2D eigenvalue weighted by atomic mass is 32.2. The van der Waals surface area contributed by atoms with Gasteiger partial charge in [0.25, 0.3) is 10.0 Å². The van der Waals surface area contributed by atoms with Crippen LogP contribution in [-0.2, 0) is 16.4 Å². The van der Waals surface area contributed by atoms with E-state index in [1.807, 2.05) is 13.2 Å². The average molecular weight is 305 g/mol. The van der Waals surface area contributed by atoms with E-state index in [1.165, 1.54) is 6.20 Å². The molecule has 0 amide bonds. The summed E-state index contributed by atoms with van der Waals surface area (Å²) in [5.41, 5.74) is 0. The zero-order valence-electron chi connectivity index (χ0n) is 12.0. The summed E-state index contributed by atoms with van der Waals surface area (Å²) in [6, 6.07) is 0. The minimum absolute atomic E-state index is 0.0410. The summed E-state index contributed by atoms with van der Waals surface area (Å²) in [6.07, 6.45) is 5.94. The zero-order chi connectivity index (χ0) is 14.5. The normalized spacial score (nSPS) is 12.8. The van der Waals surface area contributed by atoms with E-state index >= 15 is 0 Å². The largest absolute Gasteiger partial charge is 0.332 e. The standard InChI is InChI=1S/C12H23N3O2S2/c1-5-10-13-8-11(15-10)19(16,17)14-9-12(6-2,7-3)18-4/h8,14H,5-7,9H2,1-4H3,(H,13,15). The third-order valence-electron chi connectivity index (χ3n) is 3.54. The van der Waals surface area contributed by atoms with Crippen LogP contribution in [0.3, 0.4) is 0 Å². The SMILES string of the molecule is CCc1ncc(S(=O)(=O)NCC(CC)(CC)SC)[nH]1. The number of imidazole rings is 1. The molecule has 0 aliphatic heterocycles. The van der Waals surface area contributed by atoms with E-state index in [-0.39, 0.29) is 9.77 Å². The first-order valence-corrected chi connectivity index (χ1v) is 9.22. The molecule has 0 bridgehead atoms. The van der Waals surface area contributed by atoms with Gasteiger partial charge in [0, 0.05) is 17.7 Å². The number of hydrogen-bond donors (Lipinski definition) is 2. The lowest BCUT2D eigenvalue weighted by atomic mass is 10.0. The van der Waals surface area contributed by atoms with Gasteiger partial charge < -0.3 is 4.98 Å². The number of thioether (sulfide) groups is 1. The summed E-state index contributed by atoms with van der Waals surface area (Å²) < 4.78 is 27.0. The summed E-state index contributed by atoms with van der Waals surface area (Å²) in [4.78, 5) is 6.85. The Morgan fingerprint density at radius 3 is 2.42 bits per heavy atom. The van der Waals surface area contributed by atoms with Crippen LogP contribution in [0.5, 0.6) is 0 Å². The van der Waals surface area contributed by atoms with E-state index < -0.39 is 10.0 Å². The van der Waals surface area contributed by atoms with E-state index in [4.69, 9.17) is 0 Å².